The highest BCUT2D eigenvalue weighted by molar-refractivity contribution is 6.30. The Morgan fingerprint density at radius 2 is 2.00 bits per heavy atom. The van der Waals surface area contributed by atoms with E-state index in [2.05, 4.69) is 0 Å². The summed E-state index contributed by atoms with van der Waals surface area (Å²) in [7, 11) is 0. The van der Waals surface area contributed by atoms with Crippen molar-refractivity contribution in [2.24, 2.45) is 0 Å². The first-order chi connectivity index (χ1) is 8.56. The topological polar surface area (TPSA) is 37.3 Å². The molecule has 0 radical (unpaired) electrons. The number of hydrogen-bond donors (Lipinski definition) is 1. The van der Waals surface area contributed by atoms with Crippen molar-refractivity contribution in [1.29, 1.82) is 0 Å². The standard InChI is InChI=1S/C14H10ClFO2/c15-11-3-1-2-10(8-11)12-6-9(7-14(17)18)4-5-13(12)16/h1-6,8H,7H2,(H,17,18). The highest BCUT2D eigenvalue weighted by Crippen LogP contribution is 2.26. The van der Waals surface area contributed by atoms with Crippen molar-refractivity contribution >= 4 is 17.6 Å². The van der Waals surface area contributed by atoms with Crippen LogP contribution in [-0.2, 0) is 11.2 Å². The first kappa shape index (κ1) is 12.6. The van der Waals surface area contributed by atoms with Gasteiger partial charge in [0.05, 0.1) is 6.42 Å². The van der Waals surface area contributed by atoms with Gasteiger partial charge in [-0.1, -0.05) is 29.8 Å². The predicted octanol–water partition coefficient (Wildman–Crippen LogP) is 3.77. The van der Waals surface area contributed by atoms with Crippen LogP contribution in [0.5, 0.6) is 0 Å². The number of benzene rings is 2. The van der Waals surface area contributed by atoms with Gasteiger partial charge in [-0.3, -0.25) is 4.79 Å². The molecular weight excluding hydrogens is 255 g/mol. The maximum Gasteiger partial charge on any atom is 0.307 e. The summed E-state index contributed by atoms with van der Waals surface area (Å²) in [5.74, 6) is -1.34. The summed E-state index contributed by atoms with van der Waals surface area (Å²) in [5.41, 5.74) is 1.54. The minimum atomic E-state index is -0.946. The molecule has 2 rings (SSSR count). The fourth-order valence-electron chi connectivity index (χ4n) is 1.73. The quantitative estimate of drug-likeness (QED) is 0.916. The zero-order valence-corrected chi connectivity index (χ0v) is 10.1. The molecule has 0 atom stereocenters. The summed E-state index contributed by atoms with van der Waals surface area (Å²) in [4.78, 5) is 10.6. The molecule has 0 bridgehead atoms. The van der Waals surface area contributed by atoms with E-state index in [1.165, 1.54) is 18.2 Å². The maximum absolute atomic E-state index is 13.7. The summed E-state index contributed by atoms with van der Waals surface area (Å²) in [6, 6.07) is 11.1. The lowest BCUT2D eigenvalue weighted by Gasteiger charge is -2.06. The fourth-order valence-corrected chi connectivity index (χ4v) is 1.92. The molecule has 2 aromatic carbocycles. The smallest absolute Gasteiger partial charge is 0.307 e. The third-order valence-electron chi connectivity index (χ3n) is 2.52. The number of rotatable bonds is 3. The van der Waals surface area contributed by atoms with Gasteiger partial charge in [0.15, 0.2) is 0 Å². The first-order valence-electron chi connectivity index (χ1n) is 5.32. The Bertz CT molecular complexity index is 596. The van der Waals surface area contributed by atoms with E-state index >= 15 is 0 Å². The number of carboxylic acids is 1. The molecule has 2 nitrogen and oxygen atoms in total. The Kier molecular flexibility index (Phi) is 3.63. The van der Waals surface area contributed by atoms with Crippen LogP contribution in [0.25, 0.3) is 11.1 Å². The minimum absolute atomic E-state index is 0.131. The number of carbonyl (C=O) groups is 1. The van der Waals surface area contributed by atoms with Gasteiger partial charge in [0.25, 0.3) is 0 Å². The molecule has 0 saturated carbocycles. The average Bonchev–Trinajstić information content (AvgIpc) is 2.31. The van der Waals surface area contributed by atoms with Gasteiger partial charge in [-0.2, -0.15) is 0 Å². The molecule has 0 aliphatic carbocycles. The van der Waals surface area contributed by atoms with Crippen LogP contribution in [0.1, 0.15) is 5.56 Å². The van der Waals surface area contributed by atoms with Crippen LogP contribution in [0.2, 0.25) is 5.02 Å². The summed E-state index contributed by atoms with van der Waals surface area (Å²) in [5, 5.41) is 9.24. The molecule has 0 aromatic heterocycles. The van der Waals surface area contributed by atoms with Gasteiger partial charge >= 0.3 is 5.97 Å². The van der Waals surface area contributed by atoms with E-state index < -0.39 is 11.8 Å². The second-order valence-corrected chi connectivity index (χ2v) is 4.33. The molecule has 0 spiro atoms. The van der Waals surface area contributed by atoms with Crippen LogP contribution in [0.15, 0.2) is 42.5 Å². The molecule has 1 N–H and O–H groups in total. The average molecular weight is 265 g/mol. The van der Waals surface area contributed by atoms with Crippen molar-refractivity contribution in [1.82, 2.24) is 0 Å². The summed E-state index contributed by atoms with van der Waals surface area (Å²) in [6.45, 7) is 0. The van der Waals surface area contributed by atoms with Gasteiger partial charge in [0.1, 0.15) is 5.82 Å². The molecule has 0 amide bonds. The fraction of sp³-hybridized carbons (Fsp3) is 0.0714. The molecule has 0 fully saturated rings. The van der Waals surface area contributed by atoms with E-state index in [1.54, 1.807) is 24.3 Å². The second kappa shape index (κ2) is 5.19. The monoisotopic (exact) mass is 264 g/mol. The van der Waals surface area contributed by atoms with Crippen LogP contribution < -0.4 is 0 Å². The van der Waals surface area contributed by atoms with E-state index in [-0.39, 0.29) is 6.42 Å². The van der Waals surface area contributed by atoms with Crippen LogP contribution in [0.3, 0.4) is 0 Å². The van der Waals surface area contributed by atoms with Gasteiger partial charge < -0.3 is 5.11 Å². The van der Waals surface area contributed by atoms with Crippen molar-refractivity contribution < 1.29 is 14.3 Å². The van der Waals surface area contributed by atoms with Crippen molar-refractivity contribution in [3.8, 4) is 11.1 Å². The van der Waals surface area contributed by atoms with E-state index in [4.69, 9.17) is 16.7 Å². The van der Waals surface area contributed by atoms with Gasteiger partial charge in [-0.15, -0.1) is 0 Å². The first-order valence-corrected chi connectivity index (χ1v) is 5.70. The van der Waals surface area contributed by atoms with Gasteiger partial charge in [0.2, 0.25) is 0 Å². The third kappa shape index (κ3) is 2.87. The largest absolute Gasteiger partial charge is 0.481 e. The number of carboxylic acid groups (broad SMARTS) is 1. The zero-order chi connectivity index (χ0) is 13.1. The highest BCUT2D eigenvalue weighted by atomic mass is 35.5. The van der Waals surface area contributed by atoms with Crippen molar-refractivity contribution in [2.45, 2.75) is 6.42 Å². The van der Waals surface area contributed by atoms with E-state index in [9.17, 15) is 9.18 Å². The Morgan fingerprint density at radius 1 is 1.22 bits per heavy atom. The Balaban J connectivity index is 2.46. The lowest BCUT2D eigenvalue weighted by molar-refractivity contribution is -0.136. The van der Waals surface area contributed by atoms with E-state index in [0.717, 1.165) is 0 Å². The van der Waals surface area contributed by atoms with Crippen molar-refractivity contribution in [2.75, 3.05) is 0 Å². The summed E-state index contributed by atoms with van der Waals surface area (Å²) in [6.07, 6.45) is -0.131. The molecule has 0 aliphatic heterocycles. The lowest BCUT2D eigenvalue weighted by atomic mass is 10.0. The van der Waals surface area contributed by atoms with Gasteiger partial charge in [-0.25, -0.2) is 4.39 Å². The third-order valence-corrected chi connectivity index (χ3v) is 2.76. The molecule has 92 valence electrons. The minimum Gasteiger partial charge on any atom is -0.481 e. The normalized spacial score (nSPS) is 10.3. The van der Waals surface area contributed by atoms with E-state index in [1.807, 2.05) is 0 Å². The second-order valence-electron chi connectivity index (χ2n) is 3.90. The van der Waals surface area contributed by atoms with Crippen LogP contribution in [-0.4, -0.2) is 11.1 Å². The lowest BCUT2D eigenvalue weighted by Crippen LogP contribution is -2.00. The van der Waals surface area contributed by atoms with Crippen LogP contribution in [0, 0.1) is 5.82 Å². The Labute approximate surface area is 109 Å². The van der Waals surface area contributed by atoms with Crippen molar-refractivity contribution in [3.63, 3.8) is 0 Å². The molecular formula is C14H10ClFO2. The molecule has 0 unspecified atom stereocenters. The number of aliphatic carboxylic acids is 1. The SMILES string of the molecule is O=C(O)Cc1ccc(F)c(-c2cccc(Cl)c2)c1. The number of halogens is 2. The summed E-state index contributed by atoms with van der Waals surface area (Å²) < 4.78 is 13.7. The summed E-state index contributed by atoms with van der Waals surface area (Å²) >= 11 is 5.85. The highest BCUT2D eigenvalue weighted by Gasteiger charge is 2.08. The Morgan fingerprint density at radius 3 is 2.67 bits per heavy atom. The van der Waals surface area contributed by atoms with E-state index in [0.29, 0.717) is 21.7 Å². The van der Waals surface area contributed by atoms with Crippen LogP contribution >= 0.6 is 11.6 Å². The molecule has 2 aromatic rings. The molecule has 0 aliphatic rings. The van der Waals surface area contributed by atoms with Gasteiger partial charge in [0, 0.05) is 10.6 Å². The van der Waals surface area contributed by atoms with Crippen molar-refractivity contribution in [3.05, 3.63) is 58.9 Å². The zero-order valence-electron chi connectivity index (χ0n) is 9.36. The molecule has 0 heterocycles. The maximum atomic E-state index is 13.7. The van der Waals surface area contributed by atoms with Crippen LogP contribution in [0.4, 0.5) is 4.39 Å². The molecule has 18 heavy (non-hydrogen) atoms. The number of hydrogen-bond acceptors (Lipinski definition) is 1. The predicted molar refractivity (Wildman–Crippen MR) is 68.2 cm³/mol. The van der Waals surface area contributed by atoms with Gasteiger partial charge in [-0.05, 0) is 35.4 Å². The molecule has 0 saturated heterocycles. The Hall–Kier alpha value is -1.87. The molecule has 4 heteroatoms.